The first-order valence-electron chi connectivity index (χ1n) is 9.66. The number of hydrogen-bond donors (Lipinski definition) is 2. The summed E-state index contributed by atoms with van der Waals surface area (Å²) in [6.07, 6.45) is -4.63. The van der Waals surface area contributed by atoms with E-state index in [2.05, 4.69) is 0 Å². The number of aliphatic hydroxyl groups excluding tert-OH is 1. The molecule has 0 aliphatic rings. The molecule has 0 aliphatic carbocycles. The van der Waals surface area contributed by atoms with Crippen molar-refractivity contribution in [3.8, 4) is 0 Å². The first-order valence-corrected chi connectivity index (χ1v) is 9.66. The van der Waals surface area contributed by atoms with Crippen molar-refractivity contribution in [1.82, 2.24) is 0 Å². The number of benzene rings is 3. The minimum Gasteiger partial charge on any atom is -0.388 e. The van der Waals surface area contributed by atoms with E-state index in [0.29, 0.717) is 11.1 Å². The van der Waals surface area contributed by atoms with E-state index < -0.39 is 17.9 Å². The van der Waals surface area contributed by atoms with Crippen molar-refractivity contribution in [3.63, 3.8) is 0 Å². The van der Waals surface area contributed by atoms with Gasteiger partial charge >= 0.3 is 6.18 Å². The van der Waals surface area contributed by atoms with E-state index in [9.17, 15) is 23.4 Å². The highest BCUT2D eigenvalue weighted by Gasteiger charge is 2.57. The van der Waals surface area contributed by atoms with E-state index in [1.54, 1.807) is 66.7 Å². The molecule has 3 aromatic carbocycles. The summed E-state index contributed by atoms with van der Waals surface area (Å²) in [6, 6.07) is 24.4. The Labute approximate surface area is 173 Å². The predicted octanol–water partition coefficient (Wildman–Crippen LogP) is 6.03. The normalized spacial score (nSPS) is 15.4. The van der Waals surface area contributed by atoms with Gasteiger partial charge in [-0.25, -0.2) is 0 Å². The molecule has 0 saturated carbocycles. The van der Waals surface area contributed by atoms with E-state index in [-0.39, 0.29) is 24.0 Å². The van der Waals surface area contributed by atoms with Gasteiger partial charge in [-0.3, -0.25) is 0 Å². The second-order valence-corrected chi connectivity index (χ2v) is 7.12. The molecular weight excluding hydrogens is 389 g/mol. The van der Waals surface area contributed by atoms with Gasteiger partial charge in [0.1, 0.15) is 0 Å². The van der Waals surface area contributed by atoms with E-state index in [1.165, 1.54) is 30.3 Å². The molecule has 2 N–H and O–H groups in total. The quantitative estimate of drug-likeness (QED) is 0.497. The third-order valence-electron chi connectivity index (χ3n) is 5.08. The number of hydrogen-bond acceptors (Lipinski definition) is 2. The van der Waals surface area contributed by atoms with E-state index in [1.807, 2.05) is 0 Å². The van der Waals surface area contributed by atoms with E-state index in [0.717, 1.165) is 0 Å². The molecule has 30 heavy (non-hydrogen) atoms. The maximum Gasteiger partial charge on any atom is 0.425 e. The minimum absolute atomic E-state index is 0.0356. The van der Waals surface area contributed by atoms with Crippen LogP contribution in [-0.4, -0.2) is 16.4 Å². The summed E-state index contributed by atoms with van der Waals surface area (Å²) in [6.45, 7) is 0. The van der Waals surface area contributed by atoms with Crippen molar-refractivity contribution in [2.75, 3.05) is 0 Å². The van der Waals surface area contributed by atoms with Crippen molar-refractivity contribution in [2.45, 2.75) is 30.7 Å². The molecule has 0 spiro atoms. The van der Waals surface area contributed by atoms with Gasteiger partial charge in [-0.15, -0.1) is 0 Å². The molecule has 0 saturated heterocycles. The zero-order valence-electron chi connectivity index (χ0n) is 16.3. The van der Waals surface area contributed by atoms with Crippen LogP contribution in [0.1, 0.15) is 35.6 Å². The second kappa shape index (κ2) is 9.28. The summed E-state index contributed by atoms with van der Waals surface area (Å²) < 4.78 is 42.7. The van der Waals surface area contributed by atoms with Crippen LogP contribution in [0.4, 0.5) is 13.2 Å². The van der Waals surface area contributed by atoms with Crippen LogP contribution in [0.25, 0.3) is 6.08 Å². The predicted molar refractivity (Wildman–Crippen MR) is 111 cm³/mol. The lowest BCUT2D eigenvalue weighted by Crippen LogP contribution is -2.44. The fraction of sp³-hybridized carbons (Fsp3) is 0.200. The fourth-order valence-corrected chi connectivity index (χ4v) is 3.45. The summed E-state index contributed by atoms with van der Waals surface area (Å²) in [5.41, 5.74) is -2.48. The van der Waals surface area contributed by atoms with Gasteiger partial charge < -0.3 is 10.2 Å². The molecule has 0 unspecified atom stereocenters. The summed E-state index contributed by atoms with van der Waals surface area (Å²) in [5.74, 6) is 0. The third kappa shape index (κ3) is 4.81. The SMILES string of the molecule is O[C@@H](CC/C(=C\c1ccccc1)[C@](O)(c1ccccc1)C(F)(F)F)c1ccccc1. The molecular formula is C25H23F3O2. The van der Waals surface area contributed by atoms with Crippen LogP contribution in [0.15, 0.2) is 96.6 Å². The summed E-state index contributed by atoms with van der Waals surface area (Å²) in [7, 11) is 0. The van der Waals surface area contributed by atoms with Crippen molar-refractivity contribution in [2.24, 2.45) is 0 Å². The lowest BCUT2D eigenvalue weighted by molar-refractivity contribution is -0.250. The second-order valence-electron chi connectivity index (χ2n) is 7.12. The molecule has 3 rings (SSSR count). The van der Waals surface area contributed by atoms with E-state index in [4.69, 9.17) is 0 Å². The third-order valence-corrected chi connectivity index (χ3v) is 5.08. The van der Waals surface area contributed by atoms with Gasteiger partial charge in [0.2, 0.25) is 5.60 Å². The smallest absolute Gasteiger partial charge is 0.388 e. The highest BCUT2D eigenvalue weighted by atomic mass is 19.4. The van der Waals surface area contributed by atoms with E-state index >= 15 is 0 Å². The Kier molecular flexibility index (Phi) is 6.75. The zero-order chi connectivity index (χ0) is 21.6. The number of halogens is 3. The van der Waals surface area contributed by atoms with Gasteiger partial charge in [0.05, 0.1) is 6.10 Å². The van der Waals surface area contributed by atoms with Gasteiger partial charge in [0, 0.05) is 0 Å². The number of alkyl halides is 3. The molecule has 0 aromatic heterocycles. The molecule has 2 nitrogen and oxygen atoms in total. The van der Waals surface area contributed by atoms with Crippen LogP contribution in [0.2, 0.25) is 0 Å². The lowest BCUT2D eigenvalue weighted by Gasteiger charge is -2.34. The Morgan fingerprint density at radius 2 is 1.30 bits per heavy atom. The standard InChI is InChI=1S/C25H23F3O2/c26-25(27,28)24(30,21-14-8-3-9-15-21)22(18-19-10-4-1-5-11-19)16-17-23(29)20-12-6-2-7-13-20/h1-15,18,23,29-30H,16-17H2/b22-18+/t23-,24+/m0/s1. The van der Waals surface area contributed by atoms with Crippen molar-refractivity contribution in [3.05, 3.63) is 113 Å². The highest BCUT2D eigenvalue weighted by molar-refractivity contribution is 5.57. The van der Waals surface area contributed by atoms with Gasteiger partial charge in [-0.1, -0.05) is 97.1 Å². The highest BCUT2D eigenvalue weighted by Crippen LogP contribution is 2.47. The summed E-state index contributed by atoms with van der Waals surface area (Å²) in [5, 5.41) is 21.5. The molecule has 0 heterocycles. The molecule has 0 bridgehead atoms. The largest absolute Gasteiger partial charge is 0.425 e. The molecule has 0 amide bonds. The Bertz CT molecular complexity index is 954. The van der Waals surface area contributed by atoms with Crippen LogP contribution in [0, 0.1) is 0 Å². The lowest BCUT2D eigenvalue weighted by atomic mass is 9.81. The molecule has 156 valence electrons. The maximum absolute atomic E-state index is 14.2. The molecule has 0 radical (unpaired) electrons. The van der Waals surface area contributed by atoms with Crippen LogP contribution in [-0.2, 0) is 5.60 Å². The van der Waals surface area contributed by atoms with Crippen molar-refractivity contribution in [1.29, 1.82) is 0 Å². The fourth-order valence-electron chi connectivity index (χ4n) is 3.45. The maximum atomic E-state index is 14.2. The van der Waals surface area contributed by atoms with Gasteiger partial charge in [0.15, 0.2) is 0 Å². The van der Waals surface area contributed by atoms with Crippen LogP contribution >= 0.6 is 0 Å². The average molecular weight is 412 g/mol. The van der Waals surface area contributed by atoms with Crippen LogP contribution in [0.3, 0.4) is 0 Å². The number of aliphatic hydroxyl groups is 2. The Balaban J connectivity index is 2.02. The Morgan fingerprint density at radius 3 is 1.83 bits per heavy atom. The summed E-state index contributed by atoms with van der Waals surface area (Å²) in [4.78, 5) is 0. The van der Waals surface area contributed by atoms with Crippen LogP contribution in [0.5, 0.6) is 0 Å². The Hall–Kier alpha value is -2.89. The molecule has 2 atom stereocenters. The molecule has 0 aliphatic heterocycles. The first kappa shape index (κ1) is 21.8. The minimum atomic E-state index is -4.94. The zero-order valence-corrected chi connectivity index (χ0v) is 16.3. The number of rotatable bonds is 7. The van der Waals surface area contributed by atoms with Crippen LogP contribution < -0.4 is 0 Å². The van der Waals surface area contributed by atoms with Gasteiger partial charge in [-0.2, -0.15) is 13.2 Å². The summed E-state index contributed by atoms with van der Waals surface area (Å²) >= 11 is 0. The molecule has 5 heteroatoms. The topological polar surface area (TPSA) is 40.5 Å². The average Bonchev–Trinajstić information content (AvgIpc) is 2.77. The van der Waals surface area contributed by atoms with Crippen molar-refractivity contribution < 1.29 is 23.4 Å². The van der Waals surface area contributed by atoms with Gasteiger partial charge in [-0.05, 0) is 35.1 Å². The Morgan fingerprint density at radius 1 is 0.800 bits per heavy atom. The monoisotopic (exact) mass is 412 g/mol. The van der Waals surface area contributed by atoms with Gasteiger partial charge in [0.25, 0.3) is 0 Å². The first-order chi connectivity index (χ1) is 14.3. The molecule has 0 fully saturated rings. The van der Waals surface area contributed by atoms with Crippen molar-refractivity contribution >= 4 is 6.08 Å². The molecule has 3 aromatic rings.